The van der Waals surface area contributed by atoms with Crippen molar-refractivity contribution in [2.45, 2.75) is 479 Å². The first kappa shape index (κ1) is 104. The van der Waals surface area contributed by atoms with E-state index in [1.54, 1.807) is 0 Å². The highest BCUT2D eigenvalue weighted by Gasteiger charge is 2.18. The van der Waals surface area contributed by atoms with Crippen molar-refractivity contribution >= 4 is 35.7 Å². The molecule has 0 saturated carbocycles. The van der Waals surface area contributed by atoms with Crippen molar-refractivity contribution in [3.05, 3.63) is 12.2 Å². The summed E-state index contributed by atoms with van der Waals surface area (Å²) in [4.78, 5) is 82.6. The van der Waals surface area contributed by atoms with E-state index in [1.807, 2.05) is 0 Å². The minimum atomic E-state index is -0.278. The third-order valence-corrected chi connectivity index (χ3v) is 22.0. The summed E-state index contributed by atoms with van der Waals surface area (Å²) in [6.07, 6.45) is 73.9. The van der Waals surface area contributed by atoms with E-state index in [2.05, 4.69) is 75.8 Å². The lowest BCUT2D eigenvalue weighted by Crippen LogP contribution is -2.36. The van der Waals surface area contributed by atoms with E-state index in [-0.39, 0.29) is 47.9 Å². The fourth-order valence-corrected chi connectivity index (χ4v) is 14.8. The van der Waals surface area contributed by atoms with Crippen LogP contribution in [0.2, 0.25) is 0 Å². The number of hydrogen-bond donors (Lipinski definition) is 2. The summed E-state index contributed by atoms with van der Waals surface area (Å²) in [6.45, 7) is 25.1. The van der Waals surface area contributed by atoms with Crippen LogP contribution in [0.5, 0.6) is 0 Å². The van der Waals surface area contributed by atoms with Gasteiger partial charge >= 0.3 is 23.9 Å². The summed E-state index contributed by atoms with van der Waals surface area (Å²) in [5.74, 6) is 0.0726. The zero-order valence-corrected chi connectivity index (χ0v) is 72.8. The molecule has 0 radical (unpaired) electrons. The smallest absolute Gasteiger partial charge is 0.306 e. The lowest BCUT2D eigenvalue weighted by Gasteiger charge is -2.22. The van der Waals surface area contributed by atoms with E-state index >= 15 is 0 Å². The molecule has 2 amide bonds. The number of nitrogens with one attached hydrogen (secondary N) is 2. The Morgan fingerprint density at radius 3 is 0.731 bits per heavy atom. The molecule has 2 unspecified atom stereocenters. The molecule has 0 rings (SSSR count). The third-order valence-electron chi connectivity index (χ3n) is 22.0. The van der Waals surface area contributed by atoms with Crippen molar-refractivity contribution in [3.63, 3.8) is 0 Å². The van der Waals surface area contributed by atoms with E-state index in [4.69, 9.17) is 18.9 Å². The van der Waals surface area contributed by atoms with Crippen molar-refractivity contribution in [2.75, 3.05) is 65.6 Å². The van der Waals surface area contributed by atoms with Gasteiger partial charge in [0.2, 0.25) is 11.8 Å². The van der Waals surface area contributed by atoms with E-state index < -0.39 is 0 Å². The van der Waals surface area contributed by atoms with E-state index in [9.17, 15) is 28.8 Å². The maximum Gasteiger partial charge on any atom is 0.306 e. The molecule has 0 fully saturated rings. The van der Waals surface area contributed by atoms with Gasteiger partial charge in [-0.15, -0.1) is 0 Å². The number of esters is 4. The third kappa shape index (κ3) is 76.5. The summed E-state index contributed by atoms with van der Waals surface area (Å²) in [6, 6.07) is 0. The molecule has 0 aliphatic rings. The van der Waals surface area contributed by atoms with Gasteiger partial charge in [0.05, 0.1) is 13.2 Å². The Morgan fingerprint density at radius 2 is 0.472 bits per heavy atom. The molecule has 0 aliphatic heterocycles. The first-order chi connectivity index (χ1) is 52.8. The molecule has 2 atom stereocenters. The fourth-order valence-electron chi connectivity index (χ4n) is 14.8. The van der Waals surface area contributed by atoms with Crippen molar-refractivity contribution in [3.8, 4) is 0 Å². The van der Waals surface area contributed by atoms with Crippen LogP contribution in [-0.2, 0) is 47.7 Å². The van der Waals surface area contributed by atoms with Crippen LogP contribution in [0, 0.1) is 11.8 Å². The fraction of sp³-hybridized carbons (Fsp3) is 0.915. The van der Waals surface area contributed by atoms with Crippen molar-refractivity contribution in [2.24, 2.45) is 11.8 Å². The van der Waals surface area contributed by atoms with Crippen molar-refractivity contribution in [1.29, 1.82) is 0 Å². The number of nitrogens with zero attached hydrogens (tertiary/aromatic N) is 2. The molecule has 2 N–H and O–H groups in total. The predicted octanol–water partition coefficient (Wildman–Crippen LogP) is 25.6. The Bertz CT molecular complexity index is 1850. The predicted molar refractivity (Wildman–Crippen MR) is 458 cm³/mol. The highest BCUT2D eigenvalue weighted by Crippen LogP contribution is 2.23. The normalized spacial score (nSPS) is 12.3. The Kier molecular flexibility index (Phi) is 80.2. The molecule has 636 valence electrons. The Labute approximate surface area is 668 Å². The molecule has 0 spiro atoms. The van der Waals surface area contributed by atoms with E-state index in [0.29, 0.717) is 63.8 Å². The van der Waals surface area contributed by atoms with Gasteiger partial charge in [-0.1, -0.05) is 325 Å². The second-order valence-electron chi connectivity index (χ2n) is 33.1. The van der Waals surface area contributed by atoms with Crippen LogP contribution in [0.25, 0.3) is 0 Å². The number of carbonyl (C=O) groups is 6. The van der Waals surface area contributed by atoms with Crippen LogP contribution in [0.4, 0.5) is 0 Å². The van der Waals surface area contributed by atoms with Crippen LogP contribution < -0.4 is 10.6 Å². The Hall–Kier alpha value is -3.52. The lowest BCUT2D eigenvalue weighted by molar-refractivity contribution is -0.151. The van der Waals surface area contributed by atoms with Crippen molar-refractivity contribution in [1.82, 2.24) is 20.4 Å². The number of carbonyl (C=O) groups excluding carboxylic acids is 6. The zero-order valence-electron chi connectivity index (χ0n) is 72.8. The second kappa shape index (κ2) is 82.9. The minimum Gasteiger partial charge on any atom is -0.465 e. The van der Waals surface area contributed by atoms with Gasteiger partial charge in [-0.25, -0.2) is 0 Å². The van der Waals surface area contributed by atoms with E-state index in [0.717, 1.165) is 232 Å². The first-order valence-electron chi connectivity index (χ1n) is 47.2. The van der Waals surface area contributed by atoms with Gasteiger partial charge in [0.25, 0.3) is 0 Å². The maximum atomic E-state index is 13.2. The molecule has 0 aromatic heterocycles. The number of unbranched alkanes of at least 4 members (excludes halogenated alkanes) is 44. The summed E-state index contributed by atoms with van der Waals surface area (Å²) in [5, 5.41) is 6.10. The number of hydrogen-bond acceptors (Lipinski definition) is 12. The van der Waals surface area contributed by atoms with Crippen LogP contribution in [0.1, 0.15) is 466 Å². The molecule has 0 saturated heterocycles. The van der Waals surface area contributed by atoms with E-state index in [1.165, 1.54) is 205 Å². The minimum absolute atomic E-state index is 0.0240. The van der Waals surface area contributed by atoms with Gasteiger partial charge in [0.1, 0.15) is 12.2 Å². The average molecular weight is 1530 g/mol. The van der Waals surface area contributed by atoms with Gasteiger partial charge < -0.3 is 39.4 Å². The van der Waals surface area contributed by atoms with Crippen LogP contribution in [0.15, 0.2) is 12.2 Å². The number of rotatable bonds is 86. The highest BCUT2D eigenvalue weighted by molar-refractivity contribution is 5.96. The summed E-state index contributed by atoms with van der Waals surface area (Å²) < 4.78 is 23.6. The Balaban J connectivity index is 5.50. The standard InChI is InChI=1S/C94H180N4O10/c1-9-15-21-27-37-51-65-87(66-52-38-28-22-16-10-2)107-93(103)71-57-43-33-47-61-79-97(77-59-45-31-41-55-69-91(101)105-83-85(7)63-49-35-25-19-13-5)81-75-95-89(99)73-74-90(100)96-76-82-98(78-60-46-32-42-56-70-92(102)106-84-86(8)64-50-36-26-20-14-6)80-62-48-34-44-58-72-94(104)108-88(67-53-39-29-23-17-11-3)68-54-40-30-24-18-12-4/h73-74,85-88H,9-72,75-84H2,1-8H3,(H,95,99)(H,96,100). The van der Waals surface area contributed by atoms with Crippen molar-refractivity contribution < 1.29 is 47.7 Å². The summed E-state index contributed by atoms with van der Waals surface area (Å²) >= 11 is 0. The SMILES string of the molecule is CCCCCCCCC(CCCCCCCC)OC(=O)CCCCCCCN(CCCCCCCC(=O)OCC(C)CCCCCCC)CCNC(=O)C=CC(=O)NCCN(CCCCCCCC(=O)OCC(C)CCCCCCC)CCCCCCCC(=O)OC(CCCCCCCC)CCCCCCCC. The molecule has 108 heavy (non-hydrogen) atoms. The zero-order chi connectivity index (χ0) is 78.9. The molecule has 0 aromatic rings. The van der Waals surface area contributed by atoms with Crippen LogP contribution >= 0.6 is 0 Å². The highest BCUT2D eigenvalue weighted by atomic mass is 16.6. The van der Waals surface area contributed by atoms with Gasteiger partial charge in [-0.2, -0.15) is 0 Å². The molecule has 0 bridgehead atoms. The van der Waals surface area contributed by atoms with Crippen LogP contribution in [-0.4, -0.2) is 123 Å². The second-order valence-corrected chi connectivity index (χ2v) is 33.1. The van der Waals surface area contributed by atoms with Gasteiger partial charge in [-0.05, 0) is 154 Å². The molecule has 14 heteroatoms. The molecule has 14 nitrogen and oxygen atoms in total. The quantitative estimate of drug-likeness (QED) is 0.0256. The monoisotopic (exact) mass is 1530 g/mol. The summed E-state index contributed by atoms with van der Waals surface area (Å²) in [7, 11) is 0. The molecular formula is C94H180N4O10. The number of ether oxygens (including phenoxy) is 4. The number of amides is 2. The van der Waals surface area contributed by atoms with Gasteiger partial charge in [0.15, 0.2) is 0 Å². The molecule has 0 heterocycles. The molecule has 0 aromatic carbocycles. The molecule has 0 aliphatic carbocycles. The topological polar surface area (TPSA) is 170 Å². The molecular weight excluding hydrogens is 1350 g/mol. The summed E-state index contributed by atoms with van der Waals surface area (Å²) in [5.41, 5.74) is 0. The van der Waals surface area contributed by atoms with Gasteiger partial charge in [-0.3, -0.25) is 28.8 Å². The van der Waals surface area contributed by atoms with Crippen LogP contribution in [0.3, 0.4) is 0 Å². The maximum absolute atomic E-state index is 13.2. The lowest BCUT2D eigenvalue weighted by atomic mass is 10.0. The first-order valence-corrected chi connectivity index (χ1v) is 47.2. The average Bonchev–Trinajstić information content (AvgIpc) is 1.04. The Morgan fingerprint density at radius 1 is 0.259 bits per heavy atom. The largest absolute Gasteiger partial charge is 0.465 e. The van der Waals surface area contributed by atoms with Gasteiger partial charge in [0, 0.05) is 64.0 Å².